The van der Waals surface area contributed by atoms with Gasteiger partial charge >= 0.3 is 0 Å². The van der Waals surface area contributed by atoms with Crippen LogP contribution >= 0.6 is 34.5 Å². The van der Waals surface area contributed by atoms with Gasteiger partial charge in [0.25, 0.3) is 5.91 Å². The number of fused-ring (bicyclic) bond motifs is 1. The predicted octanol–water partition coefficient (Wildman–Crippen LogP) is 6.35. The average molecular weight is 417 g/mol. The Hall–Kier alpha value is -2.34. The van der Waals surface area contributed by atoms with Crippen molar-refractivity contribution in [1.29, 1.82) is 0 Å². The van der Waals surface area contributed by atoms with Crippen molar-refractivity contribution in [2.45, 2.75) is 13.3 Å². The molecular weight excluding hydrogens is 403 g/mol. The second kappa shape index (κ2) is 7.35. The highest BCUT2D eigenvalue weighted by atomic mass is 35.5. The lowest BCUT2D eigenvalue weighted by Crippen LogP contribution is -2.10. The molecule has 7 heteroatoms. The third-order valence-electron chi connectivity index (χ3n) is 4.12. The molecule has 0 saturated carbocycles. The number of hydrogen-bond acceptors (Lipinski definition) is 4. The van der Waals surface area contributed by atoms with Gasteiger partial charge in [-0.05, 0) is 42.8 Å². The number of para-hydroxylation sites is 1. The maximum atomic E-state index is 12.5. The fraction of sp³-hybridized carbons (Fsp3) is 0.100. The third-order valence-corrected chi connectivity index (χ3v) is 5.80. The zero-order chi connectivity index (χ0) is 19.0. The molecule has 1 N–H and O–H groups in total. The first kappa shape index (κ1) is 18.0. The van der Waals surface area contributed by atoms with Crippen molar-refractivity contribution < 1.29 is 9.21 Å². The molecule has 0 aliphatic rings. The van der Waals surface area contributed by atoms with E-state index >= 15 is 0 Å². The van der Waals surface area contributed by atoms with Crippen molar-refractivity contribution >= 4 is 56.5 Å². The second-order valence-electron chi connectivity index (χ2n) is 6.04. The molecule has 1 amide bonds. The Morgan fingerprint density at radius 1 is 1.19 bits per heavy atom. The van der Waals surface area contributed by atoms with Crippen LogP contribution in [0.3, 0.4) is 0 Å². The molecule has 4 aromatic rings. The van der Waals surface area contributed by atoms with Crippen molar-refractivity contribution in [3.05, 3.63) is 80.5 Å². The summed E-state index contributed by atoms with van der Waals surface area (Å²) in [5, 5.41) is 5.50. The molecular formula is C20H14Cl2N2O2S. The summed E-state index contributed by atoms with van der Waals surface area (Å²) in [4.78, 5) is 17.9. The van der Waals surface area contributed by atoms with E-state index in [0.29, 0.717) is 27.2 Å². The van der Waals surface area contributed by atoms with Crippen LogP contribution in [0.15, 0.2) is 52.9 Å². The molecule has 0 radical (unpaired) electrons. The Bertz CT molecular complexity index is 1120. The number of anilines is 1. The molecule has 2 heterocycles. The summed E-state index contributed by atoms with van der Waals surface area (Å²) in [6.07, 6.45) is 0.601. The molecule has 4 rings (SSSR count). The fourth-order valence-electron chi connectivity index (χ4n) is 2.75. The summed E-state index contributed by atoms with van der Waals surface area (Å²) in [6, 6.07) is 14.6. The van der Waals surface area contributed by atoms with E-state index in [1.165, 1.54) is 11.3 Å². The van der Waals surface area contributed by atoms with Crippen molar-refractivity contribution in [1.82, 2.24) is 4.98 Å². The molecule has 2 aromatic heterocycles. The van der Waals surface area contributed by atoms with Gasteiger partial charge in [0.15, 0.2) is 10.9 Å². The Labute approximate surface area is 169 Å². The van der Waals surface area contributed by atoms with Crippen LogP contribution in [0.1, 0.15) is 26.7 Å². The van der Waals surface area contributed by atoms with Gasteiger partial charge in [-0.1, -0.05) is 41.4 Å². The maximum Gasteiger partial charge on any atom is 0.293 e. The molecule has 2 aromatic carbocycles. The summed E-state index contributed by atoms with van der Waals surface area (Å²) in [5.74, 6) is -0.0734. The molecule has 0 spiro atoms. The van der Waals surface area contributed by atoms with Gasteiger partial charge in [0.05, 0.1) is 5.69 Å². The summed E-state index contributed by atoms with van der Waals surface area (Å²) >= 11 is 13.7. The quantitative estimate of drug-likeness (QED) is 0.421. The Morgan fingerprint density at radius 2 is 2.00 bits per heavy atom. The minimum absolute atomic E-state index is 0.253. The molecule has 0 bridgehead atoms. The lowest BCUT2D eigenvalue weighted by molar-refractivity contribution is 0.0998. The number of thiazole rings is 1. The lowest BCUT2D eigenvalue weighted by atomic mass is 10.1. The summed E-state index contributed by atoms with van der Waals surface area (Å²) in [6.45, 7) is 1.90. The summed E-state index contributed by atoms with van der Waals surface area (Å²) in [5.41, 5.74) is 2.44. The standard InChI is InChI=1S/C20H14Cl2N2O2S/c1-11-18(10-13-8-14(21)6-7-15(13)22)27-20(23-11)24-19(25)17-9-12-4-2-3-5-16(12)26-17/h2-9H,10H2,1H3,(H,23,24,25). The number of hydrogen-bond donors (Lipinski definition) is 1. The van der Waals surface area contributed by atoms with Gasteiger partial charge in [-0.15, -0.1) is 11.3 Å². The van der Waals surface area contributed by atoms with Crippen LogP contribution in [0.25, 0.3) is 11.0 Å². The van der Waals surface area contributed by atoms with Crippen molar-refractivity contribution in [2.24, 2.45) is 0 Å². The van der Waals surface area contributed by atoms with E-state index in [9.17, 15) is 4.79 Å². The molecule has 4 nitrogen and oxygen atoms in total. The molecule has 0 fully saturated rings. The van der Waals surface area contributed by atoms with Crippen LogP contribution in [0.4, 0.5) is 5.13 Å². The number of benzene rings is 2. The van der Waals surface area contributed by atoms with E-state index in [-0.39, 0.29) is 11.7 Å². The smallest absolute Gasteiger partial charge is 0.293 e. The van der Waals surface area contributed by atoms with E-state index in [2.05, 4.69) is 10.3 Å². The predicted molar refractivity (Wildman–Crippen MR) is 110 cm³/mol. The Morgan fingerprint density at radius 3 is 2.81 bits per heavy atom. The molecule has 0 unspecified atom stereocenters. The SMILES string of the molecule is Cc1nc(NC(=O)c2cc3ccccc3o2)sc1Cc1cc(Cl)ccc1Cl. The van der Waals surface area contributed by atoms with E-state index < -0.39 is 0 Å². The number of carbonyl (C=O) groups is 1. The van der Waals surface area contributed by atoms with Crippen molar-refractivity contribution in [3.8, 4) is 0 Å². The molecule has 0 saturated heterocycles. The zero-order valence-electron chi connectivity index (χ0n) is 14.3. The first-order valence-electron chi connectivity index (χ1n) is 8.20. The van der Waals surface area contributed by atoms with Crippen LogP contribution in [0, 0.1) is 6.92 Å². The van der Waals surface area contributed by atoms with Gasteiger partial charge in [-0.2, -0.15) is 0 Å². The van der Waals surface area contributed by atoms with E-state index in [1.807, 2.05) is 37.3 Å². The molecule has 0 aliphatic heterocycles. The highest BCUT2D eigenvalue weighted by Crippen LogP contribution is 2.30. The summed E-state index contributed by atoms with van der Waals surface area (Å²) < 4.78 is 5.60. The maximum absolute atomic E-state index is 12.5. The number of rotatable bonds is 4. The number of aromatic nitrogens is 1. The number of amides is 1. The van der Waals surface area contributed by atoms with Crippen LogP contribution in [-0.2, 0) is 6.42 Å². The van der Waals surface area contributed by atoms with Gasteiger partial charge in [0, 0.05) is 26.7 Å². The second-order valence-corrected chi connectivity index (χ2v) is 7.97. The topological polar surface area (TPSA) is 55.1 Å². The molecule has 0 atom stereocenters. The van der Waals surface area contributed by atoms with E-state index in [0.717, 1.165) is 21.5 Å². The largest absolute Gasteiger partial charge is 0.451 e. The molecule has 0 aliphatic carbocycles. The Kier molecular flexibility index (Phi) is 4.91. The van der Waals surface area contributed by atoms with Crippen LogP contribution in [-0.4, -0.2) is 10.9 Å². The highest BCUT2D eigenvalue weighted by Gasteiger charge is 2.16. The van der Waals surface area contributed by atoms with Crippen molar-refractivity contribution in [2.75, 3.05) is 5.32 Å². The Balaban J connectivity index is 1.54. The first-order valence-corrected chi connectivity index (χ1v) is 9.77. The number of aryl methyl sites for hydroxylation is 1. The van der Waals surface area contributed by atoms with Crippen LogP contribution in [0.2, 0.25) is 10.0 Å². The van der Waals surface area contributed by atoms with Crippen LogP contribution < -0.4 is 5.32 Å². The third kappa shape index (κ3) is 3.86. The minimum Gasteiger partial charge on any atom is -0.451 e. The normalized spacial score (nSPS) is 11.1. The lowest BCUT2D eigenvalue weighted by Gasteiger charge is -2.03. The number of carbonyl (C=O) groups excluding carboxylic acids is 1. The van der Waals surface area contributed by atoms with E-state index in [4.69, 9.17) is 27.6 Å². The average Bonchev–Trinajstić information content (AvgIpc) is 3.22. The number of furan rings is 1. The van der Waals surface area contributed by atoms with Gasteiger partial charge < -0.3 is 4.42 Å². The summed E-state index contributed by atoms with van der Waals surface area (Å²) in [7, 11) is 0. The van der Waals surface area contributed by atoms with Gasteiger partial charge in [0.2, 0.25) is 0 Å². The number of nitrogens with zero attached hydrogens (tertiary/aromatic N) is 1. The molecule has 136 valence electrons. The van der Waals surface area contributed by atoms with Crippen molar-refractivity contribution in [3.63, 3.8) is 0 Å². The van der Waals surface area contributed by atoms with E-state index in [1.54, 1.807) is 18.2 Å². The minimum atomic E-state index is -0.327. The zero-order valence-corrected chi connectivity index (χ0v) is 16.6. The monoisotopic (exact) mass is 416 g/mol. The highest BCUT2D eigenvalue weighted by molar-refractivity contribution is 7.15. The number of nitrogens with one attached hydrogen (secondary N) is 1. The van der Waals surface area contributed by atoms with Gasteiger partial charge in [-0.25, -0.2) is 4.98 Å². The fourth-order valence-corrected chi connectivity index (χ4v) is 4.11. The van der Waals surface area contributed by atoms with Crippen LogP contribution in [0.5, 0.6) is 0 Å². The first-order chi connectivity index (χ1) is 13.0. The van der Waals surface area contributed by atoms with Gasteiger partial charge in [-0.3, -0.25) is 10.1 Å². The van der Waals surface area contributed by atoms with Gasteiger partial charge in [0.1, 0.15) is 5.58 Å². The molecule has 27 heavy (non-hydrogen) atoms. The number of halogens is 2.